The fourth-order valence-electron chi connectivity index (χ4n) is 2.87. The second-order valence-corrected chi connectivity index (χ2v) is 6.86. The van der Waals surface area contributed by atoms with Crippen molar-refractivity contribution in [3.63, 3.8) is 0 Å². The highest BCUT2D eigenvalue weighted by Crippen LogP contribution is 2.32. The van der Waals surface area contributed by atoms with Gasteiger partial charge in [-0.25, -0.2) is 0 Å². The standard InChI is InChI=1S/C20H16ClF3N4O2/c1-11(25)14(10-29)19(30)26-18-17-15(21)3-2-4-16(17)28(27-18)9-12-5-7-13(8-6-12)20(22,23)24/h2-8,10,25,29H,9H2,1H3,(H,26,27,30)/b14-10+,25-11?. The average Bonchev–Trinajstić information content (AvgIpc) is 3.00. The van der Waals surface area contributed by atoms with Crippen LogP contribution >= 0.6 is 11.6 Å². The molecular weight excluding hydrogens is 421 g/mol. The minimum atomic E-state index is -4.42. The zero-order chi connectivity index (χ0) is 22.1. The number of aromatic nitrogens is 2. The van der Waals surface area contributed by atoms with E-state index in [0.29, 0.717) is 27.8 Å². The lowest BCUT2D eigenvalue weighted by Gasteiger charge is -2.08. The summed E-state index contributed by atoms with van der Waals surface area (Å²) in [6.07, 6.45) is -3.90. The summed E-state index contributed by atoms with van der Waals surface area (Å²) in [4.78, 5) is 12.4. The summed E-state index contributed by atoms with van der Waals surface area (Å²) in [6, 6.07) is 9.67. The van der Waals surface area contributed by atoms with E-state index in [0.717, 1.165) is 12.1 Å². The Bertz CT molecular complexity index is 1150. The molecule has 0 fully saturated rings. The van der Waals surface area contributed by atoms with Gasteiger partial charge in [-0.2, -0.15) is 18.3 Å². The number of rotatable bonds is 5. The van der Waals surface area contributed by atoms with Crippen molar-refractivity contribution in [3.05, 3.63) is 70.4 Å². The van der Waals surface area contributed by atoms with Crippen molar-refractivity contribution in [2.45, 2.75) is 19.6 Å². The number of amides is 1. The molecule has 10 heteroatoms. The van der Waals surface area contributed by atoms with Crippen molar-refractivity contribution in [2.75, 3.05) is 5.32 Å². The van der Waals surface area contributed by atoms with E-state index in [1.807, 2.05) is 0 Å². The number of aliphatic hydroxyl groups is 1. The summed E-state index contributed by atoms with van der Waals surface area (Å²) in [5.41, 5.74) is -0.0182. The molecule has 156 valence electrons. The molecular formula is C20H16ClF3N4O2. The number of halogens is 4. The molecule has 0 unspecified atom stereocenters. The molecule has 6 nitrogen and oxygen atoms in total. The fourth-order valence-corrected chi connectivity index (χ4v) is 3.13. The van der Waals surface area contributed by atoms with E-state index < -0.39 is 17.6 Å². The van der Waals surface area contributed by atoms with E-state index in [-0.39, 0.29) is 23.6 Å². The zero-order valence-electron chi connectivity index (χ0n) is 15.6. The molecule has 0 aliphatic carbocycles. The molecule has 30 heavy (non-hydrogen) atoms. The number of carbonyl (C=O) groups excluding carboxylic acids is 1. The van der Waals surface area contributed by atoms with Gasteiger partial charge in [0, 0.05) is 5.71 Å². The smallest absolute Gasteiger partial charge is 0.416 e. The first-order chi connectivity index (χ1) is 14.1. The minimum Gasteiger partial charge on any atom is -0.515 e. The summed E-state index contributed by atoms with van der Waals surface area (Å²) < 4.78 is 39.8. The molecule has 0 spiro atoms. The van der Waals surface area contributed by atoms with Crippen LogP contribution in [0, 0.1) is 5.41 Å². The molecule has 1 aromatic heterocycles. The minimum absolute atomic E-state index is 0.105. The Morgan fingerprint density at radius 2 is 1.93 bits per heavy atom. The van der Waals surface area contributed by atoms with Crippen LogP contribution < -0.4 is 5.32 Å². The van der Waals surface area contributed by atoms with E-state index >= 15 is 0 Å². The second kappa shape index (κ2) is 8.19. The molecule has 1 heterocycles. The number of nitrogens with zero attached hydrogens (tertiary/aromatic N) is 2. The Labute approximate surface area is 174 Å². The Morgan fingerprint density at radius 1 is 1.27 bits per heavy atom. The third kappa shape index (κ3) is 4.30. The van der Waals surface area contributed by atoms with Crippen LogP contribution in [0.4, 0.5) is 19.0 Å². The molecule has 0 saturated heterocycles. The first kappa shape index (κ1) is 21.4. The van der Waals surface area contributed by atoms with E-state index in [4.69, 9.17) is 17.0 Å². The normalized spacial score (nSPS) is 12.2. The number of nitrogens with one attached hydrogen (secondary N) is 2. The lowest BCUT2D eigenvalue weighted by Crippen LogP contribution is -2.19. The van der Waals surface area contributed by atoms with Crippen LogP contribution in [-0.4, -0.2) is 26.5 Å². The number of anilines is 1. The largest absolute Gasteiger partial charge is 0.515 e. The number of alkyl halides is 3. The number of carbonyl (C=O) groups is 1. The van der Waals surface area contributed by atoms with Gasteiger partial charge in [0.25, 0.3) is 5.91 Å². The second-order valence-electron chi connectivity index (χ2n) is 6.46. The van der Waals surface area contributed by atoms with Gasteiger partial charge in [0.15, 0.2) is 5.82 Å². The van der Waals surface area contributed by atoms with Crippen molar-refractivity contribution >= 4 is 39.9 Å². The first-order valence-corrected chi connectivity index (χ1v) is 9.02. The van der Waals surface area contributed by atoms with Gasteiger partial charge in [0.05, 0.1) is 39.9 Å². The summed E-state index contributed by atoms with van der Waals surface area (Å²) in [5, 5.41) is 24.3. The Morgan fingerprint density at radius 3 is 2.50 bits per heavy atom. The lowest BCUT2D eigenvalue weighted by atomic mass is 10.1. The topological polar surface area (TPSA) is 91.0 Å². The summed E-state index contributed by atoms with van der Waals surface area (Å²) in [6.45, 7) is 1.48. The van der Waals surface area contributed by atoms with Crippen molar-refractivity contribution < 1.29 is 23.1 Å². The zero-order valence-corrected chi connectivity index (χ0v) is 16.3. The van der Waals surface area contributed by atoms with E-state index in [9.17, 15) is 23.1 Å². The molecule has 0 bridgehead atoms. The van der Waals surface area contributed by atoms with Crippen molar-refractivity contribution in [1.29, 1.82) is 5.41 Å². The number of hydrogen-bond acceptors (Lipinski definition) is 4. The van der Waals surface area contributed by atoms with Gasteiger partial charge in [-0.3, -0.25) is 9.48 Å². The van der Waals surface area contributed by atoms with Gasteiger partial charge < -0.3 is 15.8 Å². The Balaban J connectivity index is 1.98. The average molecular weight is 437 g/mol. The van der Waals surface area contributed by atoms with Gasteiger partial charge in [0.2, 0.25) is 0 Å². The van der Waals surface area contributed by atoms with Crippen LogP contribution in [0.5, 0.6) is 0 Å². The lowest BCUT2D eigenvalue weighted by molar-refractivity contribution is -0.137. The Kier molecular flexibility index (Phi) is 5.84. The predicted molar refractivity (Wildman–Crippen MR) is 108 cm³/mol. The number of aliphatic hydroxyl groups excluding tert-OH is 1. The quantitative estimate of drug-likeness (QED) is 0.292. The van der Waals surface area contributed by atoms with Gasteiger partial charge in [-0.05, 0) is 36.8 Å². The van der Waals surface area contributed by atoms with Crippen LogP contribution in [0.3, 0.4) is 0 Å². The Hall–Kier alpha value is -3.33. The van der Waals surface area contributed by atoms with Gasteiger partial charge in [-0.15, -0.1) is 0 Å². The molecule has 0 aliphatic heterocycles. The van der Waals surface area contributed by atoms with Crippen LogP contribution in [0.15, 0.2) is 54.3 Å². The third-order valence-electron chi connectivity index (χ3n) is 4.35. The highest BCUT2D eigenvalue weighted by atomic mass is 35.5. The molecule has 0 radical (unpaired) electrons. The van der Waals surface area contributed by atoms with Gasteiger partial charge >= 0.3 is 6.18 Å². The highest BCUT2D eigenvalue weighted by Gasteiger charge is 2.30. The van der Waals surface area contributed by atoms with E-state index in [2.05, 4.69) is 10.4 Å². The predicted octanol–water partition coefficient (Wildman–Crippen LogP) is 5.18. The summed E-state index contributed by atoms with van der Waals surface area (Å²) in [7, 11) is 0. The van der Waals surface area contributed by atoms with Crippen LogP contribution in [0.1, 0.15) is 18.1 Å². The molecule has 0 saturated carbocycles. The molecule has 2 aromatic carbocycles. The molecule has 3 rings (SSSR count). The van der Waals surface area contributed by atoms with E-state index in [1.165, 1.54) is 23.7 Å². The van der Waals surface area contributed by atoms with Crippen LogP contribution in [0.25, 0.3) is 10.9 Å². The van der Waals surface area contributed by atoms with Crippen molar-refractivity contribution in [1.82, 2.24) is 9.78 Å². The van der Waals surface area contributed by atoms with Gasteiger partial charge in [-0.1, -0.05) is 29.8 Å². The van der Waals surface area contributed by atoms with Crippen molar-refractivity contribution in [2.24, 2.45) is 0 Å². The van der Waals surface area contributed by atoms with Crippen molar-refractivity contribution in [3.8, 4) is 0 Å². The SMILES string of the molecule is CC(=N)/C(=C\O)C(=O)Nc1nn(Cc2ccc(C(F)(F)F)cc2)c2cccc(Cl)c12. The molecule has 3 N–H and O–H groups in total. The highest BCUT2D eigenvalue weighted by molar-refractivity contribution is 6.37. The maximum atomic E-state index is 12.8. The van der Waals surface area contributed by atoms with Gasteiger partial charge in [0.1, 0.15) is 0 Å². The maximum Gasteiger partial charge on any atom is 0.416 e. The number of benzene rings is 2. The maximum absolute atomic E-state index is 12.8. The monoisotopic (exact) mass is 436 g/mol. The summed E-state index contributed by atoms with van der Waals surface area (Å²) in [5.74, 6) is -0.640. The molecule has 1 amide bonds. The van der Waals surface area contributed by atoms with E-state index in [1.54, 1.807) is 18.2 Å². The number of hydrogen-bond donors (Lipinski definition) is 3. The number of fused-ring (bicyclic) bond motifs is 1. The fraction of sp³-hybridized carbons (Fsp3) is 0.150. The third-order valence-corrected chi connectivity index (χ3v) is 4.67. The first-order valence-electron chi connectivity index (χ1n) is 8.64. The van der Waals surface area contributed by atoms with Crippen LogP contribution in [-0.2, 0) is 17.5 Å². The molecule has 3 aromatic rings. The molecule has 0 atom stereocenters. The summed E-state index contributed by atoms with van der Waals surface area (Å²) >= 11 is 6.27. The van der Waals surface area contributed by atoms with Crippen LogP contribution in [0.2, 0.25) is 5.02 Å². The molecule has 0 aliphatic rings.